The summed E-state index contributed by atoms with van der Waals surface area (Å²) < 4.78 is 6.85. The minimum Gasteiger partial charge on any atom is -0.476 e. The molecule has 8 heteroatoms. The van der Waals surface area contributed by atoms with Gasteiger partial charge in [-0.3, -0.25) is 4.79 Å². The van der Waals surface area contributed by atoms with Crippen LogP contribution in [0.2, 0.25) is 0 Å². The summed E-state index contributed by atoms with van der Waals surface area (Å²) in [7, 11) is 0. The molecule has 1 atom stereocenters. The summed E-state index contributed by atoms with van der Waals surface area (Å²) in [5, 5.41) is 16.1. The van der Waals surface area contributed by atoms with Crippen molar-refractivity contribution in [2.24, 2.45) is 0 Å². The van der Waals surface area contributed by atoms with Gasteiger partial charge in [0.05, 0.1) is 12.2 Å². The molecule has 1 aromatic heterocycles. The van der Waals surface area contributed by atoms with Gasteiger partial charge in [-0.1, -0.05) is 5.21 Å². The maximum atomic E-state index is 12.0. The van der Waals surface area contributed by atoms with E-state index in [1.165, 1.54) is 10.9 Å². The van der Waals surface area contributed by atoms with Crippen LogP contribution in [0.3, 0.4) is 0 Å². The zero-order chi connectivity index (χ0) is 13.4. The molecule has 102 valence electrons. The van der Waals surface area contributed by atoms with Crippen LogP contribution in [-0.4, -0.2) is 62.7 Å². The number of hydrogen-bond acceptors (Lipinski definition) is 5. The third-order valence-corrected chi connectivity index (χ3v) is 3.48. The predicted octanol–water partition coefficient (Wildman–Crippen LogP) is -0.461. The molecule has 0 unspecified atom stereocenters. The average molecular weight is 266 g/mol. The van der Waals surface area contributed by atoms with Crippen LogP contribution < -0.4 is 0 Å². The second kappa shape index (κ2) is 4.61. The lowest BCUT2D eigenvalue weighted by atomic mass is 10.1. The van der Waals surface area contributed by atoms with Gasteiger partial charge in [0.1, 0.15) is 6.10 Å². The van der Waals surface area contributed by atoms with Crippen LogP contribution in [0.25, 0.3) is 0 Å². The van der Waals surface area contributed by atoms with Gasteiger partial charge in [0, 0.05) is 19.7 Å². The van der Waals surface area contributed by atoms with Crippen LogP contribution in [0, 0.1) is 0 Å². The number of aromatic carboxylic acids is 1. The van der Waals surface area contributed by atoms with Gasteiger partial charge in [0.2, 0.25) is 0 Å². The first-order valence-electron chi connectivity index (χ1n) is 6.20. The third-order valence-electron chi connectivity index (χ3n) is 3.48. The summed E-state index contributed by atoms with van der Waals surface area (Å²) in [6.45, 7) is 1.71. The van der Waals surface area contributed by atoms with Crippen molar-refractivity contribution in [1.82, 2.24) is 19.9 Å². The summed E-state index contributed by atoms with van der Waals surface area (Å²) in [6, 6.07) is 0.00551. The van der Waals surface area contributed by atoms with Crippen molar-refractivity contribution in [1.29, 1.82) is 0 Å². The normalized spacial score (nSPS) is 23.4. The predicted molar refractivity (Wildman–Crippen MR) is 61.6 cm³/mol. The Morgan fingerprint density at radius 1 is 1.42 bits per heavy atom. The second-order valence-corrected chi connectivity index (χ2v) is 4.79. The molecule has 2 aliphatic heterocycles. The quantitative estimate of drug-likeness (QED) is 0.795. The van der Waals surface area contributed by atoms with Gasteiger partial charge in [0.15, 0.2) is 5.69 Å². The highest BCUT2D eigenvalue weighted by molar-refractivity contribution is 5.84. The molecule has 1 amide bonds. The number of hydrogen-bond donors (Lipinski definition) is 1. The van der Waals surface area contributed by atoms with Crippen molar-refractivity contribution >= 4 is 11.9 Å². The fourth-order valence-corrected chi connectivity index (χ4v) is 2.33. The monoisotopic (exact) mass is 266 g/mol. The van der Waals surface area contributed by atoms with E-state index in [4.69, 9.17) is 9.84 Å². The number of carboxylic acids is 1. The number of rotatable bonds is 3. The van der Waals surface area contributed by atoms with Crippen LogP contribution in [0.15, 0.2) is 6.20 Å². The molecule has 1 aromatic rings. The first-order chi connectivity index (χ1) is 9.15. The highest BCUT2D eigenvalue weighted by atomic mass is 16.5. The third kappa shape index (κ3) is 2.19. The Labute approximate surface area is 108 Å². The second-order valence-electron chi connectivity index (χ2n) is 4.79. The van der Waals surface area contributed by atoms with E-state index < -0.39 is 5.97 Å². The highest BCUT2D eigenvalue weighted by Crippen LogP contribution is 2.24. The molecule has 3 rings (SSSR count). The van der Waals surface area contributed by atoms with E-state index in [-0.39, 0.29) is 23.7 Å². The molecule has 0 radical (unpaired) electrons. The van der Waals surface area contributed by atoms with Crippen molar-refractivity contribution in [3.63, 3.8) is 0 Å². The number of carboxylic acid groups (broad SMARTS) is 1. The van der Waals surface area contributed by atoms with E-state index in [1.807, 2.05) is 0 Å². The molecule has 19 heavy (non-hydrogen) atoms. The number of likely N-dealkylation sites (tertiary alicyclic amines) is 1. The number of amides is 1. The van der Waals surface area contributed by atoms with Crippen molar-refractivity contribution in [3.8, 4) is 0 Å². The maximum absolute atomic E-state index is 12.0. The lowest BCUT2D eigenvalue weighted by molar-refractivity contribution is -0.147. The molecular formula is C11H14N4O4. The Morgan fingerprint density at radius 3 is 2.79 bits per heavy atom. The Morgan fingerprint density at radius 2 is 2.21 bits per heavy atom. The molecular weight excluding hydrogens is 252 g/mol. The van der Waals surface area contributed by atoms with Gasteiger partial charge in [-0.15, -0.1) is 5.10 Å². The summed E-state index contributed by atoms with van der Waals surface area (Å²) in [6.07, 6.45) is 2.80. The van der Waals surface area contributed by atoms with Crippen LogP contribution in [-0.2, 0) is 9.53 Å². The fourth-order valence-electron chi connectivity index (χ4n) is 2.33. The molecule has 2 fully saturated rings. The van der Waals surface area contributed by atoms with E-state index in [0.29, 0.717) is 19.7 Å². The van der Waals surface area contributed by atoms with E-state index in [0.717, 1.165) is 12.8 Å². The van der Waals surface area contributed by atoms with E-state index in [2.05, 4.69) is 10.3 Å². The minimum atomic E-state index is -1.10. The summed E-state index contributed by atoms with van der Waals surface area (Å²) in [5.41, 5.74) is -0.0797. The minimum absolute atomic E-state index is 0.00551. The van der Waals surface area contributed by atoms with Crippen LogP contribution in [0.4, 0.5) is 0 Å². The molecule has 2 saturated heterocycles. The molecule has 2 aliphatic rings. The first kappa shape index (κ1) is 12.1. The number of ether oxygens (including phenoxy) is 1. The largest absolute Gasteiger partial charge is 0.476 e. The average Bonchev–Trinajstić information content (AvgIpc) is 2.98. The molecule has 3 heterocycles. The molecule has 8 nitrogen and oxygen atoms in total. The number of aromatic nitrogens is 3. The summed E-state index contributed by atoms with van der Waals surface area (Å²) in [4.78, 5) is 24.4. The van der Waals surface area contributed by atoms with E-state index in [9.17, 15) is 9.59 Å². The van der Waals surface area contributed by atoms with Crippen LogP contribution >= 0.6 is 0 Å². The van der Waals surface area contributed by atoms with Gasteiger partial charge >= 0.3 is 5.97 Å². The number of carbonyl (C=O) groups is 2. The highest BCUT2D eigenvalue weighted by Gasteiger charge is 2.37. The zero-order valence-corrected chi connectivity index (χ0v) is 10.2. The molecule has 0 aliphatic carbocycles. The summed E-state index contributed by atoms with van der Waals surface area (Å²) in [5.74, 6) is -1.08. The van der Waals surface area contributed by atoms with E-state index in [1.54, 1.807) is 4.90 Å². The smallest absolute Gasteiger partial charge is 0.358 e. The Bertz CT molecular complexity index is 503. The lowest BCUT2D eigenvalue weighted by Crippen LogP contribution is -2.53. The van der Waals surface area contributed by atoms with Gasteiger partial charge in [0.25, 0.3) is 5.91 Å². The van der Waals surface area contributed by atoms with Crippen molar-refractivity contribution in [3.05, 3.63) is 11.9 Å². The zero-order valence-electron chi connectivity index (χ0n) is 10.2. The lowest BCUT2D eigenvalue weighted by Gasteiger charge is -2.39. The number of nitrogens with zero attached hydrogens (tertiary/aromatic N) is 4. The van der Waals surface area contributed by atoms with Crippen LogP contribution in [0.1, 0.15) is 29.4 Å². The topological polar surface area (TPSA) is 97.5 Å². The maximum Gasteiger partial charge on any atom is 0.358 e. The molecule has 0 saturated carbocycles. The van der Waals surface area contributed by atoms with E-state index >= 15 is 0 Å². The SMILES string of the molecule is O=C(O)c1cn(C2CN(C(=O)[C@H]3CCCO3)C2)nn1. The Hall–Kier alpha value is -1.96. The van der Waals surface area contributed by atoms with Crippen molar-refractivity contribution < 1.29 is 19.4 Å². The van der Waals surface area contributed by atoms with Crippen molar-refractivity contribution in [2.45, 2.75) is 25.0 Å². The fraction of sp³-hybridized carbons (Fsp3) is 0.636. The van der Waals surface area contributed by atoms with Gasteiger partial charge < -0.3 is 14.7 Å². The standard InChI is InChI=1S/C11H14N4O4/c16-10(9-2-1-3-19-9)14-4-7(5-14)15-6-8(11(17)18)12-13-15/h6-7,9H,1-5H2,(H,17,18)/t9-/m1/s1. The molecule has 0 aromatic carbocycles. The van der Waals surface area contributed by atoms with Gasteiger partial charge in [-0.25, -0.2) is 9.48 Å². The van der Waals surface area contributed by atoms with Gasteiger partial charge in [-0.05, 0) is 12.8 Å². The number of carbonyl (C=O) groups excluding carboxylic acids is 1. The van der Waals surface area contributed by atoms with Crippen LogP contribution in [0.5, 0.6) is 0 Å². The van der Waals surface area contributed by atoms with Crippen molar-refractivity contribution in [2.75, 3.05) is 19.7 Å². The molecule has 0 spiro atoms. The Kier molecular flexibility index (Phi) is 2.94. The molecule has 0 bridgehead atoms. The van der Waals surface area contributed by atoms with Gasteiger partial charge in [-0.2, -0.15) is 0 Å². The summed E-state index contributed by atoms with van der Waals surface area (Å²) >= 11 is 0. The Balaban J connectivity index is 1.56. The molecule has 1 N–H and O–H groups in total. The first-order valence-corrected chi connectivity index (χ1v) is 6.20.